The van der Waals surface area contributed by atoms with Crippen molar-refractivity contribution in [2.75, 3.05) is 7.11 Å². The number of ketones is 1. The van der Waals surface area contributed by atoms with E-state index in [9.17, 15) is 14.4 Å². The topological polar surface area (TPSA) is 75.7 Å². The monoisotopic (exact) mass is 214 g/mol. The van der Waals surface area contributed by atoms with Gasteiger partial charge in [-0.15, -0.1) is 0 Å². The van der Waals surface area contributed by atoms with Crippen LogP contribution in [0.25, 0.3) is 0 Å². The van der Waals surface area contributed by atoms with Crippen LogP contribution in [0, 0.1) is 0 Å². The van der Waals surface area contributed by atoms with Crippen molar-refractivity contribution < 1.29 is 19.1 Å². The van der Waals surface area contributed by atoms with Crippen molar-refractivity contribution in [2.45, 2.75) is 32.4 Å². The molecule has 1 unspecified atom stereocenters. The number of hydrazine groups is 1. The average molecular weight is 214 g/mol. The lowest BCUT2D eigenvalue weighted by molar-refractivity contribution is -0.147. The number of hydrogen-bond donors (Lipinski definition) is 1. The molecule has 1 aliphatic rings. The minimum atomic E-state index is -1.21. The number of nitrogens with zero attached hydrogens (tertiary/aromatic N) is 1. The van der Waals surface area contributed by atoms with E-state index in [0.29, 0.717) is 0 Å². The Morgan fingerprint density at radius 2 is 1.93 bits per heavy atom. The lowest BCUT2D eigenvalue weighted by Crippen LogP contribution is -2.51. The van der Waals surface area contributed by atoms with Gasteiger partial charge in [-0.3, -0.25) is 14.6 Å². The summed E-state index contributed by atoms with van der Waals surface area (Å²) in [5.74, 6) is -2.24. The van der Waals surface area contributed by atoms with Crippen molar-refractivity contribution >= 4 is 17.7 Å². The number of esters is 1. The van der Waals surface area contributed by atoms with Crippen LogP contribution in [0.1, 0.15) is 20.8 Å². The third-order valence-electron chi connectivity index (χ3n) is 2.04. The zero-order chi connectivity index (χ0) is 11.8. The SMILES string of the molecule is COC(=O)C1NN(C(C)(C)C)C(=O)C1=O. The molecule has 1 fully saturated rings. The van der Waals surface area contributed by atoms with Crippen LogP contribution in [0.3, 0.4) is 0 Å². The average Bonchev–Trinajstić information content (AvgIpc) is 2.42. The molecule has 6 nitrogen and oxygen atoms in total. The molecule has 0 spiro atoms. The molecular formula is C9H14N2O4. The Morgan fingerprint density at radius 3 is 2.27 bits per heavy atom. The molecule has 1 N–H and O–H groups in total. The quantitative estimate of drug-likeness (QED) is 0.353. The summed E-state index contributed by atoms with van der Waals surface area (Å²) in [5, 5.41) is 1.15. The Balaban J connectivity index is 2.91. The van der Waals surface area contributed by atoms with Crippen LogP contribution in [-0.4, -0.2) is 41.4 Å². The lowest BCUT2D eigenvalue weighted by Gasteiger charge is -2.30. The van der Waals surface area contributed by atoms with Crippen LogP contribution in [0.4, 0.5) is 0 Å². The molecule has 0 radical (unpaired) electrons. The fraction of sp³-hybridized carbons (Fsp3) is 0.667. The normalized spacial score (nSPS) is 22.1. The van der Waals surface area contributed by atoms with E-state index in [-0.39, 0.29) is 0 Å². The number of methoxy groups -OCH3 is 1. The summed E-state index contributed by atoms with van der Waals surface area (Å²) in [6.45, 7) is 5.26. The van der Waals surface area contributed by atoms with Crippen molar-refractivity contribution in [3.05, 3.63) is 0 Å². The van der Waals surface area contributed by atoms with Crippen molar-refractivity contribution in [2.24, 2.45) is 0 Å². The predicted octanol–water partition coefficient (Wildman–Crippen LogP) is -0.758. The highest BCUT2D eigenvalue weighted by Crippen LogP contribution is 2.17. The van der Waals surface area contributed by atoms with Gasteiger partial charge in [-0.25, -0.2) is 10.2 Å². The van der Waals surface area contributed by atoms with Crippen molar-refractivity contribution in [3.8, 4) is 0 Å². The molecule has 1 amide bonds. The molecule has 1 heterocycles. The van der Waals surface area contributed by atoms with Gasteiger partial charge >= 0.3 is 11.9 Å². The second-order valence-corrected chi connectivity index (χ2v) is 4.26. The van der Waals surface area contributed by atoms with Gasteiger partial charge in [0.25, 0.3) is 5.78 Å². The minimum Gasteiger partial charge on any atom is -0.467 e. The molecule has 0 bridgehead atoms. The summed E-state index contributed by atoms with van der Waals surface area (Å²) in [6, 6.07) is -1.21. The molecule has 0 aliphatic carbocycles. The number of rotatable bonds is 1. The largest absolute Gasteiger partial charge is 0.467 e. The summed E-state index contributed by atoms with van der Waals surface area (Å²) in [4.78, 5) is 34.1. The first-order valence-corrected chi connectivity index (χ1v) is 4.51. The van der Waals surface area contributed by atoms with E-state index in [1.165, 1.54) is 7.11 Å². The van der Waals surface area contributed by atoms with Crippen LogP contribution in [0.2, 0.25) is 0 Å². The molecule has 0 aromatic heterocycles. The first-order chi connectivity index (χ1) is 6.79. The maximum absolute atomic E-state index is 11.5. The Hall–Kier alpha value is -1.43. The fourth-order valence-corrected chi connectivity index (χ4v) is 1.26. The number of nitrogens with one attached hydrogen (secondary N) is 1. The van der Waals surface area contributed by atoms with E-state index >= 15 is 0 Å². The number of Topliss-reactive ketones (excluding diaryl/α,β-unsaturated/α-hetero) is 1. The second-order valence-electron chi connectivity index (χ2n) is 4.26. The smallest absolute Gasteiger partial charge is 0.333 e. The maximum atomic E-state index is 11.5. The van der Waals surface area contributed by atoms with E-state index in [1.54, 1.807) is 20.8 Å². The number of ether oxygens (including phenoxy) is 1. The molecular weight excluding hydrogens is 200 g/mol. The summed E-state index contributed by atoms with van der Waals surface area (Å²) in [6.07, 6.45) is 0. The van der Waals surface area contributed by atoms with Crippen LogP contribution in [-0.2, 0) is 19.1 Å². The zero-order valence-corrected chi connectivity index (χ0v) is 9.16. The molecule has 0 saturated carbocycles. The van der Waals surface area contributed by atoms with Gasteiger partial charge in [-0.05, 0) is 20.8 Å². The van der Waals surface area contributed by atoms with Gasteiger partial charge in [0.05, 0.1) is 12.6 Å². The predicted molar refractivity (Wildman–Crippen MR) is 50.5 cm³/mol. The summed E-state index contributed by atoms with van der Waals surface area (Å²) in [7, 11) is 1.17. The molecule has 1 rings (SSSR count). The van der Waals surface area contributed by atoms with Gasteiger partial charge in [0.1, 0.15) is 0 Å². The van der Waals surface area contributed by atoms with Gasteiger partial charge in [-0.2, -0.15) is 0 Å². The van der Waals surface area contributed by atoms with Gasteiger partial charge < -0.3 is 4.74 Å². The maximum Gasteiger partial charge on any atom is 0.333 e. The van der Waals surface area contributed by atoms with Crippen molar-refractivity contribution in [3.63, 3.8) is 0 Å². The van der Waals surface area contributed by atoms with E-state index in [0.717, 1.165) is 5.01 Å². The van der Waals surface area contributed by atoms with Crippen molar-refractivity contribution in [1.29, 1.82) is 0 Å². The van der Waals surface area contributed by atoms with Crippen LogP contribution >= 0.6 is 0 Å². The number of hydrogen-bond acceptors (Lipinski definition) is 5. The first kappa shape index (κ1) is 11.6. The Kier molecular flexibility index (Phi) is 2.81. The zero-order valence-electron chi connectivity index (χ0n) is 9.16. The molecule has 84 valence electrons. The van der Waals surface area contributed by atoms with Gasteiger partial charge in [-0.1, -0.05) is 0 Å². The van der Waals surface area contributed by atoms with Crippen LogP contribution in [0.15, 0.2) is 0 Å². The summed E-state index contributed by atoms with van der Waals surface area (Å²) in [5.41, 5.74) is 1.98. The van der Waals surface area contributed by atoms with E-state index < -0.39 is 29.2 Å². The molecule has 15 heavy (non-hydrogen) atoms. The molecule has 6 heteroatoms. The standard InChI is InChI=1S/C9H14N2O4/c1-9(2,3)11-7(13)6(12)5(10-11)8(14)15-4/h5,10H,1-4H3. The van der Waals surface area contributed by atoms with E-state index in [4.69, 9.17) is 0 Å². The fourth-order valence-electron chi connectivity index (χ4n) is 1.26. The highest BCUT2D eigenvalue weighted by molar-refractivity contribution is 6.43. The molecule has 1 atom stereocenters. The molecule has 0 aromatic rings. The van der Waals surface area contributed by atoms with Gasteiger partial charge in [0.15, 0.2) is 6.04 Å². The number of carbonyl (C=O) groups excluding carboxylic acids is 3. The number of carbonyl (C=O) groups is 3. The van der Waals surface area contributed by atoms with E-state index in [1.807, 2.05) is 0 Å². The molecule has 1 saturated heterocycles. The third kappa shape index (κ3) is 1.99. The van der Waals surface area contributed by atoms with Crippen LogP contribution < -0.4 is 5.43 Å². The van der Waals surface area contributed by atoms with Crippen LogP contribution in [0.5, 0.6) is 0 Å². The Morgan fingerprint density at radius 1 is 1.40 bits per heavy atom. The number of amides is 1. The van der Waals surface area contributed by atoms with E-state index in [2.05, 4.69) is 10.2 Å². The van der Waals surface area contributed by atoms with Gasteiger partial charge in [0, 0.05) is 0 Å². The van der Waals surface area contributed by atoms with Gasteiger partial charge in [0.2, 0.25) is 0 Å². The summed E-state index contributed by atoms with van der Waals surface area (Å²) < 4.78 is 4.41. The second kappa shape index (κ2) is 3.62. The highest BCUT2D eigenvalue weighted by atomic mass is 16.5. The third-order valence-corrected chi connectivity index (χ3v) is 2.04. The minimum absolute atomic E-state index is 0.560. The first-order valence-electron chi connectivity index (χ1n) is 4.51. The highest BCUT2D eigenvalue weighted by Gasteiger charge is 2.47. The van der Waals surface area contributed by atoms with Crippen molar-refractivity contribution in [1.82, 2.24) is 10.4 Å². The Bertz CT molecular complexity index is 319. The molecule has 1 aliphatic heterocycles. The molecule has 0 aromatic carbocycles. The lowest BCUT2D eigenvalue weighted by atomic mass is 10.1. The Labute approximate surface area is 87.5 Å². The summed E-state index contributed by atoms with van der Waals surface area (Å²) >= 11 is 0.